The summed E-state index contributed by atoms with van der Waals surface area (Å²) in [5.41, 5.74) is 1.40. The zero-order valence-electron chi connectivity index (χ0n) is 14.3. The molecule has 27 heavy (non-hydrogen) atoms. The van der Waals surface area contributed by atoms with E-state index in [1.54, 1.807) is 49.4 Å². The van der Waals surface area contributed by atoms with Crippen molar-refractivity contribution in [3.05, 3.63) is 64.4 Å². The summed E-state index contributed by atoms with van der Waals surface area (Å²) in [5, 5.41) is 6.84. The third-order valence-corrected chi connectivity index (χ3v) is 6.06. The number of aromatic nitrogens is 2. The molecule has 1 heterocycles. The van der Waals surface area contributed by atoms with Crippen LogP contribution in [0, 0.1) is 0 Å². The highest BCUT2D eigenvalue weighted by molar-refractivity contribution is 9.10. The van der Waals surface area contributed by atoms with Crippen molar-refractivity contribution in [2.75, 3.05) is 16.4 Å². The molecule has 9 heteroatoms. The lowest BCUT2D eigenvalue weighted by Crippen LogP contribution is -2.04. The molecule has 2 N–H and O–H groups in total. The molecule has 0 radical (unpaired) electrons. The van der Waals surface area contributed by atoms with Crippen molar-refractivity contribution in [1.29, 1.82) is 0 Å². The summed E-state index contributed by atoms with van der Waals surface area (Å²) >= 11 is 9.45. The second kappa shape index (κ2) is 8.24. The number of rotatable bonds is 6. The SMILES string of the molecule is CCS(=O)(=O)c1cccc(Nc2cc(Nc3cc(Cl)cc(Br)c3)ncn2)c1. The van der Waals surface area contributed by atoms with E-state index in [4.69, 9.17) is 11.6 Å². The summed E-state index contributed by atoms with van der Waals surface area (Å²) in [7, 11) is -3.27. The molecule has 0 spiro atoms. The molecule has 0 bridgehead atoms. The summed E-state index contributed by atoms with van der Waals surface area (Å²) in [6, 6.07) is 13.8. The van der Waals surface area contributed by atoms with Crippen LogP contribution < -0.4 is 10.6 Å². The molecule has 6 nitrogen and oxygen atoms in total. The normalized spacial score (nSPS) is 11.2. The summed E-state index contributed by atoms with van der Waals surface area (Å²) in [4.78, 5) is 8.64. The molecule has 3 rings (SSSR count). The molecule has 1 aromatic heterocycles. The quantitative estimate of drug-likeness (QED) is 0.520. The number of hydrogen-bond donors (Lipinski definition) is 2. The fraction of sp³-hybridized carbons (Fsp3) is 0.111. The predicted molar refractivity (Wildman–Crippen MR) is 112 cm³/mol. The topological polar surface area (TPSA) is 84.0 Å². The predicted octanol–water partition coefficient (Wildman–Crippen LogP) is 5.17. The number of sulfone groups is 1. The first-order valence-corrected chi connectivity index (χ1v) is 10.8. The standard InChI is InChI=1S/C18H16BrClN4O2S/c1-2-27(25,26)16-5-3-4-14(9-16)23-17-10-18(22-11-21-17)24-15-7-12(19)6-13(20)8-15/h3-11H,2H2,1H3,(H2,21,22,23,24). The van der Waals surface area contributed by atoms with Gasteiger partial charge in [0.2, 0.25) is 0 Å². The van der Waals surface area contributed by atoms with Gasteiger partial charge in [-0.3, -0.25) is 0 Å². The van der Waals surface area contributed by atoms with Crippen molar-refractivity contribution >= 4 is 60.4 Å². The minimum Gasteiger partial charge on any atom is -0.340 e. The third kappa shape index (κ3) is 5.18. The fourth-order valence-corrected chi connectivity index (χ4v) is 4.14. The molecule has 3 aromatic rings. The Morgan fingerprint density at radius 1 is 1.00 bits per heavy atom. The van der Waals surface area contributed by atoms with Crippen LogP contribution in [0.4, 0.5) is 23.0 Å². The molecule has 0 aliphatic rings. The lowest BCUT2D eigenvalue weighted by molar-refractivity contribution is 0.597. The lowest BCUT2D eigenvalue weighted by Gasteiger charge is -2.10. The molecular formula is C18H16BrClN4O2S. The maximum absolute atomic E-state index is 12.0. The third-order valence-electron chi connectivity index (χ3n) is 3.65. The van der Waals surface area contributed by atoms with Crippen molar-refractivity contribution in [3.8, 4) is 0 Å². The monoisotopic (exact) mass is 466 g/mol. The largest absolute Gasteiger partial charge is 0.340 e. The molecule has 140 valence electrons. The van der Waals surface area contributed by atoms with Crippen LogP contribution in [-0.4, -0.2) is 24.1 Å². The van der Waals surface area contributed by atoms with Gasteiger partial charge in [-0.25, -0.2) is 18.4 Å². The van der Waals surface area contributed by atoms with E-state index in [2.05, 4.69) is 36.5 Å². The maximum Gasteiger partial charge on any atom is 0.178 e. The molecule has 0 aliphatic heterocycles. The molecule has 0 amide bonds. The van der Waals surface area contributed by atoms with Crippen molar-refractivity contribution in [2.45, 2.75) is 11.8 Å². The van der Waals surface area contributed by atoms with Gasteiger partial charge in [0.1, 0.15) is 18.0 Å². The highest BCUT2D eigenvalue weighted by Crippen LogP contribution is 2.26. The Morgan fingerprint density at radius 3 is 2.37 bits per heavy atom. The minimum absolute atomic E-state index is 0.0488. The van der Waals surface area contributed by atoms with Gasteiger partial charge in [-0.05, 0) is 36.4 Å². The van der Waals surface area contributed by atoms with Gasteiger partial charge < -0.3 is 10.6 Å². The minimum atomic E-state index is -3.27. The van der Waals surface area contributed by atoms with E-state index in [9.17, 15) is 8.42 Å². The van der Waals surface area contributed by atoms with E-state index in [0.29, 0.717) is 22.3 Å². The van der Waals surface area contributed by atoms with Crippen LogP contribution in [0.5, 0.6) is 0 Å². The average Bonchev–Trinajstić information content (AvgIpc) is 2.61. The van der Waals surface area contributed by atoms with Crippen LogP contribution >= 0.6 is 27.5 Å². The van der Waals surface area contributed by atoms with Gasteiger partial charge in [-0.15, -0.1) is 0 Å². The first-order chi connectivity index (χ1) is 12.9. The molecular weight excluding hydrogens is 452 g/mol. The first-order valence-electron chi connectivity index (χ1n) is 8.01. The summed E-state index contributed by atoms with van der Waals surface area (Å²) in [6.07, 6.45) is 1.41. The highest BCUT2D eigenvalue weighted by atomic mass is 79.9. The van der Waals surface area contributed by atoms with E-state index >= 15 is 0 Å². The average molecular weight is 468 g/mol. The van der Waals surface area contributed by atoms with Gasteiger partial charge in [0.05, 0.1) is 10.6 Å². The van der Waals surface area contributed by atoms with E-state index in [0.717, 1.165) is 10.2 Å². The first kappa shape index (κ1) is 19.6. The van der Waals surface area contributed by atoms with Gasteiger partial charge in [0, 0.05) is 26.9 Å². The second-order valence-corrected chi connectivity index (χ2v) is 9.26. The summed E-state index contributed by atoms with van der Waals surface area (Å²) in [5.74, 6) is 1.14. The Balaban J connectivity index is 1.81. The highest BCUT2D eigenvalue weighted by Gasteiger charge is 2.12. The lowest BCUT2D eigenvalue weighted by atomic mass is 10.3. The van der Waals surface area contributed by atoms with Crippen molar-refractivity contribution in [2.24, 2.45) is 0 Å². The summed E-state index contributed by atoms with van der Waals surface area (Å²) < 4.78 is 24.9. The van der Waals surface area contributed by atoms with Gasteiger partial charge in [0.25, 0.3) is 0 Å². The Kier molecular flexibility index (Phi) is 5.98. The number of anilines is 4. The van der Waals surface area contributed by atoms with Crippen molar-refractivity contribution in [3.63, 3.8) is 0 Å². The Hall–Kier alpha value is -2.16. The Bertz CT molecular complexity index is 1060. The molecule has 0 fully saturated rings. The number of nitrogens with zero attached hydrogens (tertiary/aromatic N) is 2. The van der Waals surface area contributed by atoms with Crippen LogP contribution in [0.1, 0.15) is 6.92 Å². The zero-order chi connectivity index (χ0) is 19.4. The van der Waals surface area contributed by atoms with Crippen LogP contribution in [0.3, 0.4) is 0 Å². The van der Waals surface area contributed by atoms with E-state index < -0.39 is 9.84 Å². The van der Waals surface area contributed by atoms with Gasteiger partial charge in [-0.2, -0.15) is 0 Å². The summed E-state index contributed by atoms with van der Waals surface area (Å²) in [6.45, 7) is 1.62. The van der Waals surface area contributed by atoms with Crippen LogP contribution in [0.15, 0.2) is 64.2 Å². The molecule has 0 aliphatic carbocycles. The second-order valence-electron chi connectivity index (χ2n) is 5.63. The molecule has 2 aromatic carbocycles. The Labute approximate surface area is 171 Å². The fourth-order valence-electron chi connectivity index (χ4n) is 2.35. The number of halogens is 2. The van der Waals surface area contributed by atoms with Crippen molar-refractivity contribution < 1.29 is 8.42 Å². The smallest absolute Gasteiger partial charge is 0.178 e. The van der Waals surface area contributed by atoms with Crippen molar-refractivity contribution in [1.82, 2.24) is 9.97 Å². The zero-order valence-corrected chi connectivity index (χ0v) is 17.4. The maximum atomic E-state index is 12.0. The molecule has 0 atom stereocenters. The van der Waals surface area contributed by atoms with Gasteiger partial charge in [-0.1, -0.05) is 40.5 Å². The van der Waals surface area contributed by atoms with E-state index in [1.807, 2.05) is 6.07 Å². The molecule has 0 unspecified atom stereocenters. The molecule has 0 saturated carbocycles. The van der Waals surface area contributed by atoms with Crippen LogP contribution in [0.25, 0.3) is 0 Å². The van der Waals surface area contributed by atoms with Gasteiger partial charge in [0.15, 0.2) is 9.84 Å². The Morgan fingerprint density at radius 2 is 1.70 bits per heavy atom. The molecule has 0 saturated heterocycles. The van der Waals surface area contributed by atoms with Crippen LogP contribution in [-0.2, 0) is 9.84 Å². The van der Waals surface area contributed by atoms with Crippen LogP contribution in [0.2, 0.25) is 5.02 Å². The van der Waals surface area contributed by atoms with Gasteiger partial charge >= 0.3 is 0 Å². The number of hydrogen-bond acceptors (Lipinski definition) is 6. The van der Waals surface area contributed by atoms with E-state index in [-0.39, 0.29) is 10.6 Å². The number of nitrogens with one attached hydrogen (secondary N) is 2. The number of benzene rings is 2. The van der Waals surface area contributed by atoms with E-state index in [1.165, 1.54) is 6.33 Å².